The molecule has 0 saturated heterocycles. The zero-order valence-corrected chi connectivity index (χ0v) is 11.1. The van der Waals surface area contributed by atoms with Gasteiger partial charge in [-0.3, -0.25) is 4.79 Å². The van der Waals surface area contributed by atoms with Crippen LogP contribution in [0.25, 0.3) is 0 Å². The molecule has 2 nitrogen and oxygen atoms in total. The van der Waals surface area contributed by atoms with E-state index < -0.39 is 0 Å². The summed E-state index contributed by atoms with van der Waals surface area (Å²) in [4.78, 5) is 11.7. The van der Waals surface area contributed by atoms with Gasteiger partial charge in [-0.25, -0.2) is 0 Å². The Balaban J connectivity index is 2.83. The van der Waals surface area contributed by atoms with Gasteiger partial charge in [-0.05, 0) is 30.7 Å². The number of halogens is 1. The molecule has 0 heterocycles. The van der Waals surface area contributed by atoms with E-state index >= 15 is 0 Å². The number of hydrogen-bond acceptors (Lipinski definition) is 1. The molecule has 0 aliphatic heterocycles. The van der Waals surface area contributed by atoms with E-state index in [9.17, 15) is 4.79 Å². The van der Waals surface area contributed by atoms with Crippen molar-refractivity contribution in [1.29, 1.82) is 0 Å². The van der Waals surface area contributed by atoms with Crippen molar-refractivity contribution in [3.05, 3.63) is 28.2 Å². The molecule has 15 heavy (non-hydrogen) atoms. The van der Waals surface area contributed by atoms with Crippen molar-refractivity contribution in [3.8, 4) is 0 Å². The molecule has 82 valence electrons. The first-order chi connectivity index (χ1) is 6.80. The number of hydrogen-bond donors (Lipinski definition) is 1. The van der Waals surface area contributed by atoms with Crippen LogP contribution in [0, 0.1) is 12.3 Å². The second-order valence-corrected chi connectivity index (χ2v) is 5.52. The first-order valence-corrected chi connectivity index (χ1v) is 5.67. The van der Waals surface area contributed by atoms with Crippen molar-refractivity contribution >= 4 is 27.5 Å². The van der Waals surface area contributed by atoms with Crippen LogP contribution in [0.5, 0.6) is 0 Å². The average molecular weight is 270 g/mol. The van der Waals surface area contributed by atoms with Crippen LogP contribution in [-0.4, -0.2) is 5.91 Å². The molecule has 0 atom stereocenters. The third kappa shape index (κ3) is 3.34. The molecule has 0 unspecified atom stereocenters. The van der Waals surface area contributed by atoms with E-state index in [1.165, 1.54) is 0 Å². The van der Waals surface area contributed by atoms with Crippen LogP contribution < -0.4 is 5.32 Å². The predicted molar refractivity (Wildman–Crippen MR) is 67.0 cm³/mol. The highest BCUT2D eigenvalue weighted by molar-refractivity contribution is 9.10. The standard InChI is InChI=1S/C12H16BrNO/c1-8-7-9(5-6-10(8)13)14-11(15)12(2,3)4/h5-7H,1-4H3,(H,14,15). The van der Waals surface area contributed by atoms with Gasteiger partial charge in [0.1, 0.15) is 0 Å². The topological polar surface area (TPSA) is 29.1 Å². The van der Waals surface area contributed by atoms with Gasteiger partial charge < -0.3 is 5.32 Å². The fraction of sp³-hybridized carbons (Fsp3) is 0.417. The minimum Gasteiger partial charge on any atom is -0.326 e. The lowest BCUT2D eigenvalue weighted by Gasteiger charge is -2.18. The summed E-state index contributed by atoms with van der Waals surface area (Å²) in [6.07, 6.45) is 0. The van der Waals surface area contributed by atoms with Gasteiger partial charge in [0.25, 0.3) is 0 Å². The maximum Gasteiger partial charge on any atom is 0.229 e. The number of anilines is 1. The zero-order valence-electron chi connectivity index (χ0n) is 9.52. The molecule has 1 N–H and O–H groups in total. The van der Waals surface area contributed by atoms with Gasteiger partial charge in [-0.1, -0.05) is 36.7 Å². The third-order valence-electron chi connectivity index (χ3n) is 2.10. The van der Waals surface area contributed by atoms with Crippen LogP contribution in [0.3, 0.4) is 0 Å². The zero-order chi connectivity index (χ0) is 11.6. The Morgan fingerprint density at radius 2 is 1.93 bits per heavy atom. The van der Waals surface area contributed by atoms with Gasteiger partial charge in [-0.2, -0.15) is 0 Å². The number of carbonyl (C=O) groups excluding carboxylic acids is 1. The van der Waals surface area contributed by atoms with Crippen LogP contribution in [-0.2, 0) is 4.79 Å². The van der Waals surface area contributed by atoms with Crippen molar-refractivity contribution in [2.24, 2.45) is 5.41 Å². The van der Waals surface area contributed by atoms with Gasteiger partial charge in [0.05, 0.1) is 0 Å². The van der Waals surface area contributed by atoms with E-state index in [1.54, 1.807) is 0 Å². The Kier molecular flexibility index (Phi) is 3.55. The van der Waals surface area contributed by atoms with Gasteiger partial charge in [0.15, 0.2) is 0 Å². The van der Waals surface area contributed by atoms with Gasteiger partial charge >= 0.3 is 0 Å². The molecule has 1 amide bonds. The number of carbonyl (C=O) groups is 1. The van der Waals surface area contributed by atoms with Crippen molar-refractivity contribution in [2.45, 2.75) is 27.7 Å². The summed E-state index contributed by atoms with van der Waals surface area (Å²) in [7, 11) is 0. The van der Waals surface area contributed by atoms with Crippen LogP contribution in [0.15, 0.2) is 22.7 Å². The third-order valence-corrected chi connectivity index (χ3v) is 2.99. The van der Waals surface area contributed by atoms with Crippen molar-refractivity contribution in [3.63, 3.8) is 0 Å². The van der Waals surface area contributed by atoms with Crippen LogP contribution >= 0.6 is 15.9 Å². The van der Waals surface area contributed by atoms with Gasteiger partial charge in [-0.15, -0.1) is 0 Å². The Labute approximate surface area is 99.2 Å². The number of aryl methyl sites for hydroxylation is 1. The maximum atomic E-state index is 11.7. The van der Waals surface area contributed by atoms with E-state index in [2.05, 4.69) is 21.2 Å². The van der Waals surface area contributed by atoms with Crippen LogP contribution in [0.2, 0.25) is 0 Å². The van der Waals surface area contributed by atoms with E-state index in [4.69, 9.17) is 0 Å². The molecule has 0 aromatic heterocycles. The van der Waals surface area contributed by atoms with E-state index in [-0.39, 0.29) is 11.3 Å². The van der Waals surface area contributed by atoms with Crippen molar-refractivity contribution in [2.75, 3.05) is 5.32 Å². The number of rotatable bonds is 1. The fourth-order valence-electron chi connectivity index (χ4n) is 1.04. The summed E-state index contributed by atoms with van der Waals surface area (Å²) in [5, 5.41) is 2.89. The summed E-state index contributed by atoms with van der Waals surface area (Å²) in [6, 6.07) is 5.78. The molecule has 0 bridgehead atoms. The average Bonchev–Trinajstić information content (AvgIpc) is 2.10. The predicted octanol–water partition coefficient (Wildman–Crippen LogP) is 3.74. The fourth-order valence-corrected chi connectivity index (χ4v) is 1.29. The second kappa shape index (κ2) is 4.35. The molecule has 0 fully saturated rings. The van der Waals surface area contributed by atoms with Crippen LogP contribution in [0.4, 0.5) is 5.69 Å². The Morgan fingerprint density at radius 1 is 1.33 bits per heavy atom. The molecule has 0 saturated carbocycles. The number of amides is 1. The van der Waals surface area contributed by atoms with Crippen LogP contribution in [0.1, 0.15) is 26.3 Å². The first-order valence-electron chi connectivity index (χ1n) is 4.88. The monoisotopic (exact) mass is 269 g/mol. The van der Waals surface area contributed by atoms with Crippen molar-refractivity contribution in [1.82, 2.24) is 0 Å². The molecule has 0 radical (unpaired) electrons. The van der Waals surface area contributed by atoms with E-state index in [0.717, 1.165) is 15.7 Å². The normalized spacial score (nSPS) is 11.3. The highest BCUT2D eigenvalue weighted by atomic mass is 79.9. The molecule has 0 spiro atoms. The van der Waals surface area contributed by atoms with E-state index in [0.29, 0.717) is 0 Å². The Hall–Kier alpha value is -0.830. The summed E-state index contributed by atoms with van der Waals surface area (Å²) in [6.45, 7) is 7.69. The number of benzene rings is 1. The molecular weight excluding hydrogens is 254 g/mol. The summed E-state index contributed by atoms with van der Waals surface area (Å²) in [5.74, 6) is 0.0317. The minimum absolute atomic E-state index is 0.0317. The quantitative estimate of drug-likeness (QED) is 0.827. The second-order valence-electron chi connectivity index (χ2n) is 4.67. The minimum atomic E-state index is -0.360. The molecule has 3 heteroatoms. The molecule has 0 aliphatic carbocycles. The smallest absolute Gasteiger partial charge is 0.229 e. The molecule has 0 aliphatic rings. The van der Waals surface area contributed by atoms with Crippen molar-refractivity contribution < 1.29 is 4.79 Å². The Bertz CT molecular complexity index is 380. The summed E-state index contributed by atoms with van der Waals surface area (Å²) in [5.41, 5.74) is 1.60. The maximum absolute atomic E-state index is 11.7. The van der Waals surface area contributed by atoms with Gasteiger partial charge in [0.2, 0.25) is 5.91 Å². The lowest BCUT2D eigenvalue weighted by Crippen LogP contribution is -2.27. The highest BCUT2D eigenvalue weighted by Gasteiger charge is 2.21. The molecular formula is C12H16BrNO. The molecule has 1 rings (SSSR count). The lowest BCUT2D eigenvalue weighted by molar-refractivity contribution is -0.123. The van der Waals surface area contributed by atoms with E-state index in [1.807, 2.05) is 45.9 Å². The molecule has 1 aromatic carbocycles. The SMILES string of the molecule is Cc1cc(NC(=O)C(C)(C)C)ccc1Br. The Morgan fingerprint density at radius 3 is 2.40 bits per heavy atom. The summed E-state index contributed by atoms with van der Waals surface area (Å²) < 4.78 is 1.05. The first kappa shape index (κ1) is 12.2. The molecule has 1 aromatic rings. The highest BCUT2D eigenvalue weighted by Crippen LogP contribution is 2.22. The largest absolute Gasteiger partial charge is 0.326 e. The van der Waals surface area contributed by atoms with Gasteiger partial charge in [0, 0.05) is 15.6 Å². The number of nitrogens with one attached hydrogen (secondary N) is 1. The summed E-state index contributed by atoms with van der Waals surface area (Å²) >= 11 is 3.42. The lowest BCUT2D eigenvalue weighted by atomic mass is 9.95.